The summed E-state index contributed by atoms with van der Waals surface area (Å²) in [7, 11) is 0. The highest BCUT2D eigenvalue weighted by atomic mass is 35.5. The van der Waals surface area contributed by atoms with Gasteiger partial charge >= 0.3 is 0 Å². The van der Waals surface area contributed by atoms with E-state index in [1.807, 2.05) is 0 Å². The van der Waals surface area contributed by atoms with E-state index in [0.29, 0.717) is 23.1 Å². The Bertz CT molecular complexity index is 569. The minimum atomic E-state index is -0.221. The van der Waals surface area contributed by atoms with E-state index < -0.39 is 0 Å². The van der Waals surface area contributed by atoms with Crippen molar-refractivity contribution in [3.05, 3.63) is 39.9 Å². The zero-order valence-electron chi connectivity index (χ0n) is 11.4. The quantitative estimate of drug-likeness (QED) is 0.623. The molecule has 0 aliphatic heterocycles. The van der Waals surface area contributed by atoms with Crippen molar-refractivity contribution < 1.29 is 9.59 Å². The normalized spacial score (nSPS) is 14.2. The molecule has 21 heavy (non-hydrogen) atoms. The summed E-state index contributed by atoms with van der Waals surface area (Å²) in [5.41, 5.74) is 0.793. The minimum Gasteiger partial charge on any atom is -0.354 e. The zero-order chi connectivity index (χ0) is 15.2. The smallest absolute Gasteiger partial charge is 0.244 e. The molecule has 1 aromatic rings. The molecule has 6 heteroatoms. The lowest BCUT2D eigenvalue weighted by atomic mass is 10.2. The van der Waals surface area contributed by atoms with Crippen LogP contribution in [-0.4, -0.2) is 24.9 Å². The standard InChI is InChI=1S/C15H16Cl2N2O2/c16-12-5-1-10(9-13(12)17)2-6-14(20)18-7-8-19-15(21)11-3-4-11/h1-2,5-6,9,11H,3-4,7-8H2,(H,18,20)(H,19,21)/b6-2+. The molecule has 2 N–H and O–H groups in total. The SMILES string of the molecule is O=C(/C=C/c1ccc(Cl)c(Cl)c1)NCCNC(=O)C1CC1. The van der Waals surface area contributed by atoms with Crippen LogP contribution in [0.25, 0.3) is 6.08 Å². The van der Waals surface area contributed by atoms with Crippen LogP contribution in [0.1, 0.15) is 18.4 Å². The van der Waals surface area contributed by atoms with Gasteiger partial charge in [0.2, 0.25) is 11.8 Å². The monoisotopic (exact) mass is 326 g/mol. The summed E-state index contributed by atoms with van der Waals surface area (Å²) in [6.45, 7) is 0.852. The Labute approximate surface area is 133 Å². The first kappa shape index (κ1) is 15.9. The fraction of sp³-hybridized carbons (Fsp3) is 0.333. The number of hydrogen-bond donors (Lipinski definition) is 2. The Morgan fingerprint density at radius 1 is 1.14 bits per heavy atom. The van der Waals surface area contributed by atoms with Gasteiger partial charge in [-0.3, -0.25) is 9.59 Å². The largest absolute Gasteiger partial charge is 0.354 e. The predicted octanol–water partition coefficient (Wildman–Crippen LogP) is 2.65. The Morgan fingerprint density at radius 3 is 2.52 bits per heavy atom. The van der Waals surface area contributed by atoms with Crippen molar-refractivity contribution in [1.82, 2.24) is 10.6 Å². The molecule has 4 nitrogen and oxygen atoms in total. The summed E-state index contributed by atoms with van der Waals surface area (Å²) in [5.74, 6) is 0.0487. The van der Waals surface area contributed by atoms with E-state index in [9.17, 15) is 9.59 Å². The molecule has 1 saturated carbocycles. The van der Waals surface area contributed by atoms with Gasteiger partial charge in [0.05, 0.1) is 10.0 Å². The Balaban J connectivity index is 1.69. The van der Waals surface area contributed by atoms with Crippen LogP contribution in [-0.2, 0) is 9.59 Å². The van der Waals surface area contributed by atoms with Crippen LogP contribution in [0, 0.1) is 5.92 Å². The Hall–Kier alpha value is -1.52. The van der Waals surface area contributed by atoms with E-state index in [2.05, 4.69) is 10.6 Å². The van der Waals surface area contributed by atoms with Crippen molar-refractivity contribution >= 4 is 41.1 Å². The van der Waals surface area contributed by atoms with Crippen molar-refractivity contribution in [2.24, 2.45) is 5.92 Å². The molecule has 0 saturated heterocycles. The number of amides is 2. The fourth-order valence-corrected chi connectivity index (χ4v) is 2.01. The van der Waals surface area contributed by atoms with E-state index >= 15 is 0 Å². The molecule has 1 aliphatic rings. The van der Waals surface area contributed by atoms with Crippen LogP contribution in [0.2, 0.25) is 10.0 Å². The predicted molar refractivity (Wildman–Crippen MR) is 84.2 cm³/mol. The van der Waals surface area contributed by atoms with Gasteiger partial charge < -0.3 is 10.6 Å². The summed E-state index contributed by atoms with van der Waals surface area (Å²) in [6.07, 6.45) is 5.03. The second-order valence-electron chi connectivity index (χ2n) is 4.86. The molecule has 0 atom stereocenters. The average molecular weight is 327 g/mol. The maximum Gasteiger partial charge on any atom is 0.244 e. The van der Waals surface area contributed by atoms with Crippen molar-refractivity contribution in [3.8, 4) is 0 Å². The number of hydrogen-bond acceptors (Lipinski definition) is 2. The number of benzene rings is 1. The first-order chi connectivity index (χ1) is 10.1. The topological polar surface area (TPSA) is 58.2 Å². The third-order valence-corrected chi connectivity index (χ3v) is 3.78. The van der Waals surface area contributed by atoms with Crippen LogP contribution in [0.5, 0.6) is 0 Å². The van der Waals surface area contributed by atoms with Gasteiger partial charge in [0.15, 0.2) is 0 Å². The summed E-state index contributed by atoms with van der Waals surface area (Å²) in [5, 5.41) is 6.39. The molecule has 0 radical (unpaired) electrons. The van der Waals surface area contributed by atoms with Crippen LogP contribution < -0.4 is 10.6 Å². The third kappa shape index (κ3) is 5.40. The number of nitrogens with one attached hydrogen (secondary N) is 2. The highest BCUT2D eigenvalue weighted by Crippen LogP contribution is 2.28. The molecule has 1 fully saturated rings. The molecular formula is C15H16Cl2N2O2. The molecule has 0 spiro atoms. The van der Waals surface area contributed by atoms with E-state index in [-0.39, 0.29) is 17.7 Å². The lowest BCUT2D eigenvalue weighted by Crippen LogP contribution is -2.34. The minimum absolute atomic E-state index is 0.0793. The molecule has 2 amide bonds. The van der Waals surface area contributed by atoms with Crippen LogP contribution in [0.15, 0.2) is 24.3 Å². The molecule has 0 heterocycles. The second-order valence-corrected chi connectivity index (χ2v) is 5.68. The molecule has 112 valence electrons. The molecule has 0 bridgehead atoms. The molecule has 0 unspecified atom stereocenters. The fourth-order valence-electron chi connectivity index (χ4n) is 1.71. The van der Waals surface area contributed by atoms with E-state index in [4.69, 9.17) is 23.2 Å². The number of rotatable bonds is 6. The number of halogens is 2. The van der Waals surface area contributed by atoms with Crippen LogP contribution in [0.3, 0.4) is 0 Å². The summed E-state index contributed by atoms with van der Waals surface area (Å²) in [6, 6.07) is 5.13. The first-order valence-corrected chi connectivity index (χ1v) is 7.50. The summed E-state index contributed by atoms with van der Waals surface area (Å²) in [4.78, 5) is 22.9. The van der Waals surface area contributed by atoms with Crippen molar-refractivity contribution in [2.45, 2.75) is 12.8 Å². The molecule has 1 aromatic carbocycles. The van der Waals surface area contributed by atoms with Crippen LogP contribution in [0.4, 0.5) is 0 Å². The molecule has 1 aliphatic carbocycles. The first-order valence-electron chi connectivity index (χ1n) is 6.75. The van der Waals surface area contributed by atoms with Crippen molar-refractivity contribution in [1.29, 1.82) is 0 Å². The van der Waals surface area contributed by atoms with Gasteiger partial charge in [0.1, 0.15) is 0 Å². The van der Waals surface area contributed by atoms with Gasteiger partial charge in [-0.05, 0) is 36.6 Å². The van der Waals surface area contributed by atoms with E-state index in [0.717, 1.165) is 18.4 Å². The van der Waals surface area contributed by atoms with Crippen LogP contribution >= 0.6 is 23.2 Å². The highest BCUT2D eigenvalue weighted by molar-refractivity contribution is 6.42. The molecule has 0 aromatic heterocycles. The summed E-state index contributed by atoms with van der Waals surface area (Å²) < 4.78 is 0. The highest BCUT2D eigenvalue weighted by Gasteiger charge is 2.28. The maximum absolute atomic E-state index is 11.6. The zero-order valence-corrected chi connectivity index (χ0v) is 12.9. The van der Waals surface area contributed by atoms with Gasteiger partial charge in [-0.1, -0.05) is 29.3 Å². The van der Waals surface area contributed by atoms with Crippen molar-refractivity contribution in [3.63, 3.8) is 0 Å². The van der Waals surface area contributed by atoms with Crippen molar-refractivity contribution in [2.75, 3.05) is 13.1 Å². The summed E-state index contributed by atoms with van der Waals surface area (Å²) >= 11 is 11.7. The average Bonchev–Trinajstić information content (AvgIpc) is 3.29. The van der Waals surface area contributed by atoms with Gasteiger partial charge in [-0.15, -0.1) is 0 Å². The second kappa shape index (κ2) is 7.48. The number of carbonyl (C=O) groups excluding carboxylic acids is 2. The third-order valence-electron chi connectivity index (χ3n) is 3.04. The van der Waals surface area contributed by atoms with Gasteiger partial charge in [0, 0.05) is 25.1 Å². The lowest BCUT2D eigenvalue weighted by Gasteiger charge is -2.04. The van der Waals surface area contributed by atoms with Gasteiger partial charge in [-0.2, -0.15) is 0 Å². The molecule has 2 rings (SSSR count). The lowest BCUT2D eigenvalue weighted by molar-refractivity contribution is -0.122. The molecular weight excluding hydrogens is 311 g/mol. The maximum atomic E-state index is 11.6. The van der Waals surface area contributed by atoms with E-state index in [1.54, 1.807) is 24.3 Å². The van der Waals surface area contributed by atoms with Gasteiger partial charge in [-0.25, -0.2) is 0 Å². The number of carbonyl (C=O) groups is 2. The van der Waals surface area contributed by atoms with E-state index in [1.165, 1.54) is 6.08 Å². The Morgan fingerprint density at radius 2 is 1.86 bits per heavy atom. The van der Waals surface area contributed by atoms with Gasteiger partial charge in [0.25, 0.3) is 0 Å². The Kier molecular flexibility index (Phi) is 5.65.